The first-order valence-electron chi connectivity index (χ1n) is 8.77. The van der Waals surface area contributed by atoms with Gasteiger partial charge in [-0.25, -0.2) is 0 Å². The van der Waals surface area contributed by atoms with E-state index < -0.39 is 0 Å². The summed E-state index contributed by atoms with van der Waals surface area (Å²) in [4.78, 5) is 0. The second-order valence-electron chi connectivity index (χ2n) is 6.20. The number of rotatable bonds is 8. The van der Waals surface area contributed by atoms with Crippen molar-refractivity contribution in [1.82, 2.24) is 18.3 Å². The molecule has 4 rings (SSSR count). The highest BCUT2D eigenvalue weighted by Gasteiger charge is 2.56. The van der Waals surface area contributed by atoms with Crippen LogP contribution in [0.3, 0.4) is 0 Å². The van der Waals surface area contributed by atoms with Crippen molar-refractivity contribution >= 4 is 72.2 Å². The molecule has 0 unspecified atom stereocenters. The highest BCUT2D eigenvalue weighted by Crippen LogP contribution is 2.71. The summed E-state index contributed by atoms with van der Waals surface area (Å²) in [5, 5.41) is 4.71. The van der Waals surface area contributed by atoms with Gasteiger partial charge in [-0.05, 0) is 24.4 Å². The van der Waals surface area contributed by atoms with Crippen molar-refractivity contribution in [2.75, 3.05) is 0 Å². The van der Waals surface area contributed by atoms with Gasteiger partial charge in [0.1, 0.15) is 0 Å². The van der Waals surface area contributed by atoms with Crippen LogP contribution in [0.2, 0.25) is 0 Å². The Bertz CT molecular complexity index is 972. The Kier molecular flexibility index (Phi) is 6.18. The molecule has 152 valence electrons. The van der Waals surface area contributed by atoms with Crippen LogP contribution in [0.4, 0.5) is 0 Å². The molecule has 0 radical (unpaired) electrons. The van der Waals surface area contributed by atoms with Gasteiger partial charge in [0.15, 0.2) is 77.4 Å². The van der Waals surface area contributed by atoms with Crippen LogP contribution >= 0.6 is 72.2 Å². The minimum Gasteiger partial charge on any atom is -0.302 e. The second-order valence-corrected chi connectivity index (χ2v) is 12.8. The lowest BCUT2D eigenvalue weighted by Gasteiger charge is -2.18. The summed E-state index contributed by atoms with van der Waals surface area (Å²) >= 11 is 18.6. The largest absolute Gasteiger partial charge is 0.302 e. The summed E-state index contributed by atoms with van der Waals surface area (Å²) in [6.45, 7) is 18.4. The average molecular weight is 499 g/mol. The van der Waals surface area contributed by atoms with Crippen LogP contribution in [-0.2, 0) is 26.2 Å². The Hall–Kier alpha value is -0.820. The minimum atomic E-state index is 0.656. The Morgan fingerprint density at radius 2 is 0.828 bits per heavy atom. The predicted octanol–water partition coefficient (Wildman–Crippen LogP) is 6.67. The molecule has 2 aliphatic rings. The van der Waals surface area contributed by atoms with E-state index in [1.807, 2.05) is 24.3 Å². The van der Waals surface area contributed by atoms with E-state index in [0.717, 1.165) is 9.54 Å². The first kappa shape index (κ1) is 21.4. The average Bonchev–Trinajstić information content (AvgIpc) is 3.37. The number of hydrogen-bond donors (Lipinski definition) is 0. The zero-order chi connectivity index (χ0) is 20.8. The number of quaternary nitrogens is 1. The van der Waals surface area contributed by atoms with Crippen LogP contribution in [0.1, 0.15) is 0 Å². The SMILES string of the molecule is C=CCn1c2c(n(CC=C)c1=S)S[N+]1(S2)Sc2c(n(CC=C)c(=S)n2CC=C)S1. The fourth-order valence-corrected chi connectivity index (χ4v) is 10.6. The molecule has 4 heterocycles. The highest BCUT2D eigenvalue weighted by molar-refractivity contribution is 8.31. The topological polar surface area (TPSA) is 19.7 Å². The first-order chi connectivity index (χ1) is 14.0. The van der Waals surface area contributed by atoms with Gasteiger partial charge in [0.2, 0.25) is 0 Å². The Labute approximate surface area is 198 Å². The third kappa shape index (κ3) is 3.40. The standard InChI is InChI=1S/C18H20N5S6/c1-5-9-19-13-14(20(10-6-2)17(19)24)27-23(26-13)28-15-16(29-23)22(12-8-4)18(25)21(15)11-7-3/h5-8H,1-4,9-12H2/q+1. The fraction of sp³-hybridized carbons (Fsp3) is 0.222. The van der Waals surface area contributed by atoms with E-state index in [1.165, 1.54) is 20.1 Å². The lowest BCUT2D eigenvalue weighted by Crippen LogP contribution is -2.13. The van der Waals surface area contributed by atoms with Gasteiger partial charge in [-0.1, -0.05) is 26.4 Å². The minimum absolute atomic E-state index is 0.656. The first-order valence-corrected chi connectivity index (χ1v) is 12.7. The number of hydrogen-bond acceptors (Lipinski definition) is 6. The number of fused-ring (bicyclic) bond motifs is 2. The fourth-order valence-electron chi connectivity index (χ4n) is 3.15. The highest BCUT2D eigenvalue weighted by atomic mass is 32.3. The molecule has 0 aliphatic carbocycles. The summed E-state index contributed by atoms with van der Waals surface area (Å²) < 4.78 is 10.9. The number of allylic oxidation sites excluding steroid dienone is 4. The maximum absolute atomic E-state index is 5.71. The van der Waals surface area contributed by atoms with E-state index in [9.17, 15) is 0 Å². The lowest BCUT2D eigenvalue weighted by molar-refractivity contribution is -0.268. The summed E-state index contributed by atoms with van der Waals surface area (Å²) in [6, 6.07) is 0. The molecule has 5 nitrogen and oxygen atoms in total. The van der Waals surface area contributed by atoms with Crippen molar-refractivity contribution in [2.45, 2.75) is 46.3 Å². The van der Waals surface area contributed by atoms with E-state index in [4.69, 9.17) is 24.4 Å². The summed E-state index contributed by atoms with van der Waals surface area (Å²) in [6.07, 6.45) is 7.56. The molecule has 0 atom stereocenters. The summed E-state index contributed by atoms with van der Waals surface area (Å²) in [7, 11) is 0. The van der Waals surface area contributed by atoms with Crippen molar-refractivity contribution in [3.8, 4) is 0 Å². The van der Waals surface area contributed by atoms with Crippen LogP contribution in [0.5, 0.6) is 0 Å². The quantitative estimate of drug-likeness (QED) is 0.174. The Balaban J connectivity index is 1.77. The summed E-state index contributed by atoms with van der Waals surface area (Å²) in [5.74, 6) is 0. The van der Waals surface area contributed by atoms with Gasteiger partial charge >= 0.3 is 0 Å². The molecular formula is C18H20N5S6+. The smallest absolute Gasteiger partial charge is 0.182 e. The van der Waals surface area contributed by atoms with Gasteiger partial charge < -0.3 is 18.3 Å². The Morgan fingerprint density at radius 1 is 0.586 bits per heavy atom. The van der Waals surface area contributed by atoms with Gasteiger partial charge in [-0.2, -0.15) is 0 Å². The van der Waals surface area contributed by atoms with Crippen LogP contribution < -0.4 is 0 Å². The van der Waals surface area contributed by atoms with Gasteiger partial charge in [-0.15, -0.1) is 26.3 Å². The molecule has 1 spiro atoms. The van der Waals surface area contributed by atoms with Gasteiger partial charge in [0.05, 0.1) is 0 Å². The van der Waals surface area contributed by atoms with E-state index >= 15 is 0 Å². The van der Waals surface area contributed by atoms with E-state index in [2.05, 4.69) is 44.6 Å². The van der Waals surface area contributed by atoms with E-state index in [0.29, 0.717) is 28.3 Å². The van der Waals surface area contributed by atoms with Crippen LogP contribution in [0, 0.1) is 9.54 Å². The van der Waals surface area contributed by atoms with E-state index in [1.54, 1.807) is 47.8 Å². The number of nitrogens with zero attached hydrogens (tertiary/aromatic N) is 5. The van der Waals surface area contributed by atoms with Gasteiger partial charge in [0.25, 0.3) is 0 Å². The second kappa shape index (κ2) is 8.37. The van der Waals surface area contributed by atoms with E-state index in [-0.39, 0.29) is 0 Å². The molecule has 0 amide bonds. The molecule has 0 aromatic carbocycles. The normalized spacial score (nSPS) is 16.0. The molecule has 29 heavy (non-hydrogen) atoms. The monoisotopic (exact) mass is 498 g/mol. The number of imidazole rings is 2. The zero-order valence-electron chi connectivity index (χ0n) is 15.7. The van der Waals surface area contributed by atoms with Crippen molar-refractivity contribution in [1.29, 1.82) is 0 Å². The maximum Gasteiger partial charge on any atom is 0.182 e. The Morgan fingerprint density at radius 3 is 1.03 bits per heavy atom. The van der Waals surface area contributed by atoms with Crippen molar-refractivity contribution < 1.29 is 2.10 Å². The number of aromatic nitrogens is 4. The predicted molar refractivity (Wildman–Crippen MR) is 131 cm³/mol. The molecule has 0 saturated heterocycles. The van der Waals surface area contributed by atoms with Crippen LogP contribution in [-0.4, -0.2) is 20.4 Å². The van der Waals surface area contributed by atoms with Crippen molar-refractivity contribution in [3.63, 3.8) is 0 Å². The molecule has 2 aromatic heterocycles. The molecule has 2 aliphatic heterocycles. The van der Waals surface area contributed by atoms with Crippen LogP contribution in [0.15, 0.2) is 70.7 Å². The molecule has 0 saturated carbocycles. The molecule has 2 aromatic rings. The zero-order valence-corrected chi connectivity index (χ0v) is 20.6. The lowest BCUT2D eigenvalue weighted by atomic mass is 10.6. The van der Waals surface area contributed by atoms with Crippen molar-refractivity contribution in [3.05, 3.63) is 60.2 Å². The van der Waals surface area contributed by atoms with Crippen molar-refractivity contribution in [2.24, 2.45) is 0 Å². The van der Waals surface area contributed by atoms with Gasteiger partial charge in [0, 0.05) is 26.2 Å². The molecular weight excluding hydrogens is 479 g/mol. The van der Waals surface area contributed by atoms with Crippen LogP contribution in [0.25, 0.3) is 0 Å². The summed E-state index contributed by atoms with van der Waals surface area (Å²) in [5.41, 5.74) is 0. The molecule has 0 N–H and O–H groups in total. The third-order valence-electron chi connectivity index (χ3n) is 4.31. The maximum atomic E-state index is 5.71. The molecule has 0 fully saturated rings. The third-order valence-corrected chi connectivity index (χ3v) is 11.4. The van der Waals surface area contributed by atoms with Gasteiger partial charge in [-0.3, -0.25) is 0 Å². The molecule has 11 heteroatoms. The molecule has 0 bridgehead atoms.